The fraction of sp³-hybridized carbons (Fsp3) is 0.118. The molecule has 120 valence electrons. The summed E-state index contributed by atoms with van der Waals surface area (Å²) in [5.41, 5.74) is 2.09. The number of amides is 1. The molecule has 3 aromatic rings. The number of carbonyl (C=O) groups is 1. The summed E-state index contributed by atoms with van der Waals surface area (Å²) in [6.07, 6.45) is 8.10. The number of carbonyl (C=O) groups excluding carboxylic acids is 1. The smallest absolute Gasteiger partial charge is 0.271 e. The van der Waals surface area contributed by atoms with Crippen LogP contribution in [-0.2, 0) is 13.1 Å². The molecule has 24 heavy (non-hydrogen) atoms. The number of rotatable bonds is 6. The molecule has 0 radical (unpaired) electrons. The first-order valence-corrected chi connectivity index (χ1v) is 7.44. The molecule has 0 saturated heterocycles. The molecule has 3 heterocycles. The molecule has 7 heteroatoms. The quantitative estimate of drug-likeness (QED) is 0.719. The lowest BCUT2D eigenvalue weighted by atomic mass is 10.3. The zero-order valence-electron chi connectivity index (χ0n) is 12.9. The highest BCUT2D eigenvalue weighted by atomic mass is 16.1. The van der Waals surface area contributed by atoms with Crippen LogP contribution in [0.15, 0.2) is 61.3 Å². The molecule has 0 aromatic carbocycles. The summed E-state index contributed by atoms with van der Waals surface area (Å²) in [4.78, 5) is 28.6. The van der Waals surface area contributed by atoms with Gasteiger partial charge in [-0.2, -0.15) is 0 Å². The maximum atomic E-state index is 12.0. The van der Waals surface area contributed by atoms with Gasteiger partial charge in [0, 0.05) is 25.1 Å². The van der Waals surface area contributed by atoms with Gasteiger partial charge in [-0.1, -0.05) is 12.1 Å². The minimum Gasteiger partial charge on any atom is -0.363 e. The van der Waals surface area contributed by atoms with E-state index in [-0.39, 0.29) is 11.6 Å². The van der Waals surface area contributed by atoms with Crippen molar-refractivity contribution in [1.82, 2.24) is 25.3 Å². The van der Waals surface area contributed by atoms with Crippen molar-refractivity contribution < 1.29 is 4.79 Å². The first-order valence-electron chi connectivity index (χ1n) is 7.44. The Labute approximate surface area is 139 Å². The summed E-state index contributed by atoms with van der Waals surface area (Å²) < 4.78 is 0. The van der Waals surface area contributed by atoms with E-state index in [1.54, 1.807) is 18.6 Å². The third-order valence-electron chi connectivity index (χ3n) is 3.24. The molecule has 0 aliphatic heterocycles. The third kappa shape index (κ3) is 4.33. The lowest BCUT2D eigenvalue weighted by Crippen LogP contribution is -2.24. The van der Waals surface area contributed by atoms with Crippen molar-refractivity contribution in [3.8, 4) is 0 Å². The molecule has 0 bridgehead atoms. The van der Waals surface area contributed by atoms with Crippen molar-refractivity contribution in [3.05, 3.63) is 78.3 Å². The minimum atomic E-state index is -0.275. The molecular weight excluding hydrogens is 304 g/mol. The second-order valence-electron chi connectivity index (χ2n) is 5.01. The van der Waals surface area contributed by atoms with Crippen LogP contribution in [0.1, 0.15) is 21.7 Å². The van der Waals surface area contributed by atoms with E-state index in [0.29, 0.717) is 18.9 Å². The first kappa shape index (κ1) is 15.5. The predicted octanol–water partition coefficient (Wildman–Crippen LogP) is 1.81. The van der Waals surface area contributed by atoms with Crippen molar-refractivity contribution in [2.45, 2.75) is 13.1 Å². The number of nitrogens with zero attached hydrogens (tertiary/aromatic N) is 4. The van der Waals surface area contributed by atoms with Crippen molar-refractivity contribution in [2.75, 3.05) is 5.32 Å². The van der Waals surface area contributed by atoms with Crippen LogP contribution >= 0.6 is 0 Å². The first-order chi connectivity index (χ1) is 11.8. The SMILES string of the molecule is O=C(NCc1cccnc1)c1cnc(NCc2ccccn2)cn1. The Balaban J connectivity index is 1.53. The van der Waals surface area contributed by atoms with Crippen LogP contribution in [-0.4, -0.2) is 25.8 Å². The molecule has 0 aliphatic rings. The van der Waals surface area contributed by atoms with E-state index in [1.807, 2.05) is 30.3 Å². The predicted molar refractivity (Wildman–Crippen MR) is 89.0 cm³/mol. The van der Waals surface area contributed by atoms with E-state index in [9.17, 15) is 4.79 Å². The fourth-order valence-electron chi connectivity index (χ4n) is 2.00. The third-order valence-corrected chi connectivity index (χ3v) is 3.24. The van der Waals surface area contributed by atoms with Crippen LogP contribution in [0.25, 0.3) is 0 Å². The molecular formula is C17H16N6O. The summed E-state index contributed by atoms with van der Waals surface area (Å²) in [5, 5.41) is 5.89. The number of nitrogens with one attached hydrogen (secondary N) is 2. The Hall–Kier alpha value is -3.35. The minimum absolute atomic E-state index is 0.266. The molecule has 0 atom stereocenters. The maximum absolute atomic E-state index is 12.0. The summed E-state index contributed by atoms with van der Waals surface area (Å²) in [7, 11) is 0. The highest BCUT2D eigenvalue weighted by Gasteiger charge is 2.07. The Kier molecular flexibility index (Phi) is 5.03. The van der Waals surface area contributed by atoms with Gasteiger partial charge >= 0.3 is 0 Å². The zero-order valence-corrected chi connectivity index (χ0v) is 12.9. The number of pyridine rings is 2. The molecule has 0 spiro atoms. The molecule has 1 amide bonds. The van der Waals surface area contributed by atoms with Crippen LogP contribution in [0, 0.1) is 0 Å². The molecule has 3 aromatic heterocycles. The van der Waals surface area contributed by atoms with Crippen molar-refractivity contribution in [3.63, 3.8) is 0 Å². The van der Waals surface area contributed by atoms with Gasteiger partial charge in [-0.25, -0.2) is 9.97 Å². The van der Waals surface area contributed by atoms with Crippen LogP contribution in [0.2, 0.25) is 0 Å². The van der Waals surface area contributed by atoms with Crippen molar-refractivity contribution in [1.29, 1.82) is 0 Å². The Morgan fingerprint density at radius 3 is 2.58 bits per heavy atom. The van der Waals surface area contributed by atoms with Crippen LogP contribution in [0.3, 0.4) is 0 Å². The Bertz CT molecular complexity index is 777. The number of anilines is 1. The summed E-state index contributed by atoms with van der Waals surface area (Å²) in [6, 6.07) is 9.42. The van der Waals surface area contributed by atoms with Crippen molar-refractivity contribution in [2.24, 2.45) is 0 Å². The average Bonchev–Trinajstić information content (AvgIpc) is 2.66. The van der Waals surface area contributed by atoms with Crippen LogP contribution < -0.4 is 10.6 Å². The highest BCUT2D eigenvalue weighted by molar-refractivity contribution is 5.91. The number of hydrogen-bond donors (Lipinski definition) is 2. The van der Waals surface area contributed by atoms with Gasteiger partial charge in [0.05, 0.1) is 24.6 Å². The number of hydrogen-bond acceptors (Lipinski definition) is 6. The van der Waals surface area contributed by atoms with E-state index < -0.39 is 0 Å². The van der Waals surface area contributed by atoms with Gasteiger partial charge < -0.3 is 10.6 Å². The molecule has 0 fully saturated rings. The summed E-state index contributed by atoms with van der Waals surface area (Å²) in [6.45, 7) is 0.941. The van der Waals surface area contributed by atoms with E-state index in [1.165, 1.54) is 12.4 Å². The van der Waals surface area contributed by atoms with Gasteiger partial charge in [-0.15, -0.1) is 0 Å². The van der Waals surface area contributed by atoms with E-state index >= 15 is 0 Å². The topological polar surface area (TPSA) is 92.7 Å². The van der Waals surface area contributed by atoms with Gasteiger partial charge in [0.15, 0.2) is 0 Å². The van der Waals surface area contributed by atoms with Gasteiger partial charge in [-0.3, -0.25) is 14.8 Å². The van der Waals surface area contributed by atoms with Crippen molar-refractivity contribution >= 4 is 11.7 Å². The summed E-state index contributed by atoms with van der Waals surface area (Å²) in [5.74, 6) is 0.312. The molecule has 0 aliphatic carbocycles. The van der Waals surface area contributed by atoms with E-state index in [4.69, 9.17) is 0 Å². The lowest BCUT2D eigenvalue weighted by Gasteiger charge is -2.06. The number of aromatic nitrogens is 4. The molecule has 3 rings (SSSR count). The standard InChI is InChI=1S/C17H16N6O/c24-17(23-9-13-4-3-6-18-8-13)15-11-22-16(12-20-15)21-10-14-5-1-2-7-19-14/h1-8,11-12H,9-10H2,(H,21,22)(H,23,24). The normalized spacial score (nSPS) is 10.2. The van der Waals surface area contributed by atoms with Gasteiger partial charge in [0.2, 0.25) is 0 Å². The maximum Gasteiger partial charge on any atom is 0.271 e. The Morgan fingerprint density at radius 1 is 0.917 bits per heavy atom. The lowest BCUT2D eigenvalue weighted by molar-refractivity contribution is 0.0945. The molecule has 0 saturated carbocycles. The van der Waals surface area contributed by atoms with Crippen LogP contribution in [0.4, 0.5) is 5.82 Å². The van der Waals surface area contributed by atoms with E-state index in [0.717, 1.165) is 11.3 Å². The van der Waals surface area contributed by atoms with Gasteiger partial charge in [0.25, 0.3) is 5.91 Å². The van der Waals surface area contributed by atoms with Gasteiger partial charge in [-0.05, 0) is 23.8 Å². The highest BCUT2D eigenvalue weighted by Crippen LogP contribution is 2.04. The monoisotopic (exact) mass is 320 g/mol. The molecule has 0 unspecified atom stereocenters. The largest absolute Gasteiger partial charge is 0.363 e. The zero-order chi connectivity index (χ0) is 16.6. The average molecular weight is 320 g/mol. The second kappa shape index (κ2) is 7.77. The van der Waals surface area contributed by atoms with Crippen LogP contribution in [0.5, 0.6) is 0 Å². The van der Waals surface area contributed by atoms with Gasteiger partial charge in [0.1, 0.15) is 11.5 Å². The molecule has 7 nitrogen and oxygen atoms in total. The molecule has 2 N–H and O–H groups in total. The second-order valence-corrected chi connectivity index (χ2v) is 5.01. The fourth-order valence-corrected chi connectivity index (χ4v) is 2.00. The Morgan fingerprint density at radius 2 is 1.88 bits per heavy atom. The summed E-state index contributed by atoms with van der Waals surface area (Å²) >= 11 is 0. The van der Waals surface area contributed by atoms with E-state index in [2.05, 4.69) is 30.6 Å².